The molecule has 0 saturated carbocycles. The SMILES string of the molecule is NC(=O)c1ccccc1OCC(=O)Nc1c(Cl)cccc1Cl. The molecule has 22 heavy (non-hydrogen) atoms. The summed E-state index contributed by atoms with van der Waals surface area (Å²) >= 11 is 11.9. The van der Waals surface area contributed by atoms with Crippen molar-refractivity contribution in [3.05, 3.63) is 58.1 Å². The lowest BCUT2D eigenvalue weighted by Crippen LogP contribution is -2.22. The van der Waals surface area contributed by atoms with Crippen LogP contribution in [0.3, 0.4) is 0 Å². The van der Waals surface area contributed by atoms with Crippen LogP contribution in [0, 0.1) is 0 Å². The minimum atomic E-state index is -0.634. The van der Waals surface area contributed by atoms with Gasteiger partial charge in [-0.25, -0.2) is 0 Å². The van der Waals surface area contributed by atoms with Crippen LogP contribution < -0.4 is 15.8 Å². The molecule has 0 saturated heterocycles. The molecule has 0 radical (unpaired) electrons. The molecule has 0 unspecified atom stereocenters. The third kappa shape index (κ3) is 3.90. The third-order valence-corrected chi connectivity index (χ3v) is 3.37. The highest BCUT2D eigenvalue weighted by atomic mass is 35.5. The molecule has 2 aromatic rings. The minimum absolute atomic E-state index is 0.200. The normalized spacial score (nSPS) is 10.1. The minimum Gasteiger partial charge on any atom is -0.483 e. The maximum absolute atomic E-state index is 11.9. The number of ether oxygens (including phenoxy) is 1. The summed E-state index contributed by atoms with van der Waals surface area (Å²) in [7, 11) is 0. The first-order valence-electron chi connectivity index (χ1n) is 6.24. The van der Waals surface area contributed by atoms with Crippen LogP contribution in [0.5, 0.6) is 5.75 Å². The molecule has 2 amide bonds. The van der Waals surface area contributed by atoms with Gasteiger partial charge in [0.1, 0.15) is 5.75 Å². The van der Waals surface area contributed by atoms with E-state index in [9.17, 15) is 9.59 Å². The summed E-state index contributed by atoms with van der Waals surface area (Å²) in [5.41, 5.74) is 5.74. The first-order chi connectivity index (χ1) is 10.5. The van der Waals surface area contributed by atoms with Gasteiger partial charge in [0.25, 0.3) is 11.8 Å². The number of nitrogens with two attached hydrogens (primary N) is 1. The summed E-state index contributed by atoms with van der Waals surface area (Å²) in [4.78, 5) is 23.2. The summed E-state index contributed by atoms with van der Waals surface area (Å²) in [5.74, 6) is -0.866. The van der Waals surface area contributed by atoms with E-state index >= 15 is 0 Å². The lowest BCUT2D eigenvalue weighted by Gasteiger charge is -2.11. The molecule has 0 atom stereocenters. The fourth-order valence-electron chi connectivity index (χ4n) is 1.73. The van der Waals surface area contributed by atoms with Gasteiger partial charge in [0.2, 0.25) is 0 Å². The van der Waals surface area contributed by atoms with Crippen molar-refractivity contribution in [2.24, 2.45) is 5.73 Å². The molecule has 0 aliphatic rings. The van der Waals surface area contributed by atoms with Crippen molar-refractivity contribution in [3.8, 4) is 5.75 Å². The molecule has 0 aliphatic heterocycles. The molecule has 0 fully saturated rings. The van der Waals surface area contributed by atoms with Gasteiger partial charge in [0.15, 0.2) is 6.61 Å². The highest BCUT2D eigenvalue weighted by Gasteiger charge is 2.12. The Morgan fingerprint density at radius 2 is 1.68 bits per heavy atom. The Balaban J connectivity index is 2.04. The van der Waals surface area contributed by atoms with Crippen LogP contribution in [0.15, 0.2) is 42.5 Å². The van der Waals surface area contributed by atoms with Crippen molar-refractivity contribution >= 4 is 40.7 Å². The molecule has 114 valence electrons. The van der Waals surface area contributed by atoms with Crippen molar-refractivity contribution < 1.29 is 14.3 Å². The topological polar surface area (TPSA) is 81.4 Å². The van der Waals surface area contributed by atoms with Crippen LogP contribution in [0.25, 0.3) is 0 Å². The van der Waals surface area contributed by atoms with E-state index < -0.39 is 11.8 Å². The Hall–Kier alpha value is -2.24. The molecular formula is C15H12Cl2N2O3. The number of nitrogens with one attached hydrogen (secondary N) is 1. The predicted molar refractivity (Wildman–Crippen MR) is 85.5 cm³/mol. The number of carbonyl (C=O) groups excluding carboxylic acids is 2. The maximum atomic E-state index is 11.9. The van der Waals surface area contributed by atoms with Gasteiger partial charge in [-0.05, 0) is 24.3 Å². The average molecular weight is 339 g/mol. The van der Waals surface area contributed by atoms with Crippen LogP contribution in [0.4, 0.5) is 5.69 Å². The smallest absolute Gasteiger partial charge is 0.262 e. The number of halogens is 2. The van der Waals surface area contributed by atoms with Crippen LogP contribution in [0.2, 0.25) is 10.0 Å². The van der Waals surface area contributed by atoms with Gasteiger partial charge < -0.3 is 15.8 Å². The number of carbonyl (C=O) groups is 2. The Morgan fingerprint density at radius 3 is 2.32 bits per heavy atom. The lowest BCUT2D eigenvalue weighted by atomic mass is 10.2. The standard InChI is InChI=1S/C15H12Cl2N2O3/c16-10-5-3-6-11(17)14(10)19-13(20)8-22-12-7-2-1-4-9(12)15(18)21/h1-7H,8H2,(H2,18,21)(H,19,20). The summed E-state index contributed by atoms with van der Waals surface area (Å²) in [6, 6.07) is 11.3. The highest BCUT2D eigenvalue weighted by molar-refractivity contribution is 6.39. The molecule has 0 spiro atoms. The van der Waals surface area contributed by atoms with Crippen LogP contribution in [-0.4, -0.2) is 18.4 Å². The number of benzene rings is 2. The summed E-state index contributed by atoms with van der Waals surface area (Å²) in [6.45, 7) is -0.314. The highest BCUT2D eigenvalue weighted by Crippen LogP contribution is 2.29. The number of anilines is 1. The molecular weight excluding hydrogens is 327 g/mol. The van der Waals surface area contributed by atoms with Gasteiger partial charge in [0, 0.05) is 0 Å². The summed E-state index contributed by atoms with van der Waals surface area (Å²) in [5, 5.41) is 3.19. The van der Waals surface area contributed by atoms with E-state index in [0.717, 1.165) is 0 Å². The van der Waals surface area contributed by atoms with E-state index in [0.29, 0.717) is 15.7 Å². The second kappa shape index (κ2) is 7.15. The van der Waals surface area contributed by atoms with E-state index in [1.54, 1.807) is 36.4 Å². The van der Waals surface area contributed by atoms with Crippen LogP contribution in [0.1, 0.15) is 10.4 Å². The Morgan fingerprint density at radius 1 is 1.05 bits per heavy atom. The molecule has 0 aliphatic carbocycles. The number of primary amides is 1. The van der Waals surface area contributed by atoms with Crippen molar-refractivity contribution in [1.29, 1.82) is 0 Å². The quantitative estimate of drug-likeness (QED) is 0.878. The monoisotopic (exact) mass is 338 g/mol. The predicted octanol–water partition coefficient (Wildman–Crippen LogP) is 3.11. The summed E-state index contributed by atoms with van der Waals surface area (Å²) in [6.07, 6.45) is 0. The first-order valence-corrected chi connectivity index (χ1v) is 7.00. The molecule has 2 rings (SSSR count). The van der Waals surface area contributed by atoms with E-state index in [4.69, 9.17) is 33.7 Å². The van der Waals surface area contributed by atoms with Gasteiger partial charge in [0.05, 0.1) is 21.3 Å². The van der Waals surface area contributed by atoms with Crippen LogP contribution in [-0.2, 0) is 4.79 Å². The number of hydrogen-bond donors (Lipinski definition) is 2. The Labute approximate surface area is 137 Å². The number of hydrogen-bond acceptors (Lipinski definition) is 3. The average Bonchev–Trinajstić information content (AvgIpc) is 2.49. The van der Waals surface area contributed by atoms with Gasteiger partial charge >= 0.3 is 0 Å². The molecule has 0 bridgehead atoms. The van der Waals surface area contributed by atoms with Gasteiger partial charge in [-0.3, -0.25) is 9.59 Å². The first kappa shape index (κ1) is 16.1. The fraction of sp³-hybridized carbons (Fsp3) is 0.0667. The lowest BCUT2D eigenvalue weighted by molar-refractivity contribution is -0.118. The van der Waals surface area contributed by atoms with Crippen molar-refractivity contribution in [2.75, 3.05) is 11.9 Å². The Bertz CT molecular complexity index is 699. The zero-order valence-corrected chi connectivity index (χ0v) is 12.8. The third-order valence-electron chi connectivity index (χ3n) is 2.74. The molecule has 5 nitrogen and oxygen atoms in total. The van der Waals surface area contributed by atoms with Gasteiger partial charge in [-0.2, -0.15) is 0 Å². The van der Waals surface area contributed by atoms with Crippen molar-refractivity contribution in [1.82, 2.24) is 0 Å². The zero-order valence-electron chi connectivity index (χ0n) is 11.3. The van der Waals surface area contributed by atoms with E-state index in [1.165, 1.54) is 6.07 Å². The molecule has 2 aromatic carbocycles. The van der Waals surface area contributed by atoms with Gasteiger partial charge in [-0.1, -0.05) is 41.4 Å². The second-order valence-corrected chi connectivity index (χ2v) is 5.11. The maximum Gasteiger partial charge on any atom is 0.262 e. The van der Waals surface area contributed by atoms with E-state index in [-0.39, 0.29) is 17.9 Å². The summed E-state index contributed by atoms with van der Waals surface area (Å²) < 4.78 is 5.31. The van der Waals surface area contributed by atoms with Crippen LogP contribution >= 0.6 is 23.2 Å². The van der Waals surface area contributed by atoms with E-state index in [1.807, 2.05) is 0 Å². The van der Waals surface area contributed by atoms with Crippen molar-refractivity contribution in [3.63, 3.8) is 0 Å². The number of amides is 2. The van der Waals surface area contributed by atoms with Crippen molar-refractivity contribution in [2.45, 2.75) is 0 Å². The molecule has 7 heteroatoms. The molecule has 3 N–H and O–H groups in total. The largest absolute Gasteiger partial charge is 0.483 e. The van der Waals surface area contributed by atoms with E-state index in [2.05, 4.69) is 5.32 Å². The second-order valence-electron chi connectivity index (χ2n) is 4.29. The molecule has 0 heterocycles. The number of para-hydroxylation sites is 2. The Kier molecular flexibility index (Phi) is 5.25. The number of rotatable bonds is 5. The fourth-order valence-corrected chi connectivity index (χ4v) is 2.22. The molecule has 0 aromatic heterocycles. The zero-order chi connectivity index (χ0) is 16.1. The van der Waals surface area contributed by atoms with Gasteiger partial charge in [-0.15, -0.1) is 0 Å².